The number of nitrogens with one attached hydrogen (secondary N) is 1. The number of anilines is 1. The van der Waals surface area contributed by atoms with Crippen LogP contribution in [0.25, 0.3) is 11.5 Å². The van der Waals surface area contributed by atoms with Crippen molar-refractivity contribution in [3.05, 3.63) is 63.6 Å². The Balaban J connectivity index is 1.47. The molecule has 4 rings (SSSR count). The van der Waals surface area contributed by atoms with E-state index in [-0.39, 0.29) is 23.0 Å². The summed E-state index contributed by atoms with van der Waals surface area (Å²) in [5, 5.41) is 10.7. The van der Waals surface area contributed by atoms with Crippen molar-refractivity contribution in [3.8, 4) is 11.5 Å². The van der Waals surface area contributed by atoms with Crippen molar-refractivity contribution >= 4 is 46.9 Å². The monoisotopic (exact) mass is 416 g/mol. The molecule has 0 aliphatic carbocycles. The highest BCUT2D eigenvalue weighted by atomic mass is 35.5. The van der Waals surface area contributed by atoms with Gasteiger partial charge in [0.2, 0.25) is 5.91 Å². The Hall–Kier alpha value is -3.23. The van der Waals surface area contributed by atoms with E-state index in [4.69, 9.17) is 27.6 Å². The molecule has 3 aromatic rings. The van der Waals surface area contributed by atoms with Crippen LogP contribution in [0, 0.1) is 0 Å². The number of halogens is 2. The third-order valence-electron chi connectivity index (χ3n) is 4.01. The molecular weight excluding hydrogens is 407 g/mol. The molecule has 0 bridgehead atoms. The minimum atomic E-state index is -0.665. The van der Waals surface area contributed by atoms with Crippen molar-refractivity contribution in [2.75, 3.05) is 11.9 Å². The van der Waals surface area contributed by atoms with E-state index in [1.54, 1.807) is 30.3 Å². The summed E-state index contributed by atoms with van der Waals surface area (Å²) in [5.41, 5.74) is 0.925. The zero-order valence-corrected chi connectivity index (χ0v) is 15.5. The molecule has 1 N–H and O–H groups in total. The second-order valence-electron chi connectivity index (χ2n) is 5.83. The smallest absolute Gasteiger partial charge is 0.322 e. The standard InChI is InChI=1S/C18H10Cl2N4O4/c19-9-5-6-13(20)12(7-9)15-22-23-18(28-15)21-14(25)8-24-16(26)10-3-1-2-4-11(10)17(24)27/h1-7H,8H2,(H,21,23,25). The van der Waals surface area contributed by atoms with Gasteiger partial charge in [-0.2, -0.15) is 0 Å². The summed E-state index contributed by atoms with van der Waals surface area (Å²) in [5.74, 6) is -1.68. The number of hydrogen-bond acceptors (Lipinski definition) is 6. The minimum Gasteiger partial charge on any atom is -0.403 e. The SMILES string of the molecule is O=C(CN1C(=O)c2ccccc2C1=O)Nc1nnc(-c2cc(Cl)ccc2Cl)o1. The predicted octanol–water partition coefficient (Wildman–Crippen LogP) is 3.28. The first kappa shape index (κ1) is 18.1. The van der Waals surface area contributed by atoms with Crippen LogP contribution in [0.1, 0.15) is 20.7 Å². The highest BCUT2D eigenvalue weighted by molar-refractivity contribution is 6.35. The third kappa shape index (κ3) is 3.23. The van der Waals surface area contributed by atoms with Crippen molar-refractivity contribution in [2.24, 2.45) is 0 Å². The Morgan fingerprint density at radius 1 is 1.00 bits per heavy atom. The van der Waals surface area contributed by atoms with E-state index in [2.05, 4.69) is 15.5 Å². The van der Waals surface area contributed by atoms with Crippen LogP contribution in [-0.2, 0) is 4.79 Å². The Labute approximate surface area is 168 Å². The Morgan fingerprint density at radius 3 is 2.36 bits per heavy atom. The fourth-order valence-corrected chi connectivity index (χ4v) is 3.10. The molecule has 2 heterocycles. The summed E-state index contributed by atoms with van der Waals surface area (Å²) in [6, 6.07) is 10.9. The van der Waals surface area contributed by atoms with Crippen molar-refractivity contribution < 1.29 is 18.8 Å². The average molecular weight is 417 g/mol. The molecule has 1 aliphatic heterocycles. The molecule has 0 unspecified atom stereocenters. The Bertz CT molecular complexity index is 1090. The second kappa shape index (κ2) is 7.06. The van der Waals surface area contributed by atoms with Crippen LogP contribution in [0.3, 0.4) is 0 Å². The van der Waals surface area contributed by atoms with E-state index < -0.39 is 24.3 Å². The zero-order chi connectivity index (χ0) is 19.8. The van der Waals surface area contributed by atoms with E-state index >= 15 is 0 Å². The molecule has 1 aliphatic rings. The lowest BCUT2D eigenvalue weighted by molar-refractivity contribution is -0.116. The number of imide groups is 1. The number of carbonyl (C=O) groups is 3. The van der Waals surface area contributed by atoms with E-state index in [0.29, 0.717) is 15.6 Å². The van der Waals surface area contributed by atoms with Gasteiger partial charge in [-0.25, -0.2) is 0 Å². The fraction of sp³-hybridized carbons (Fsp3) is 0.0556. The molecule has 2 aromatic carbocycles. The topological polar surface area (TPSA) is 105 Å². The summed E-state index contributed by atoms with van der Waals surface area (Å²) in [6.45, 7) is -0.484. The molecule has 8 nitrogen and oxygen atoms in total. The summed E-state index contributed by atoms with van der Waals surface area (Å²) >= 11 is 12.0. The van der Waals surface area contributed by atoms with Gasteiger partial charge in [-0.3, -0.25) is 24.6 Å². The van der Waals surface area contributed by atoms with Crippen LogP contribution in [-0.4, -0.2) is 39.4 Å². The lowest BCUT2D eigenvalue weighted by Crippen LogP contribution is -2.37. The van der Waals surface area contributed by atoms with Gasteiger partial charge in [-0.05, 0) is 30.3 Å². The number of aromatic nitrogens is 2. The molecule has 0 spiro atoms. The summed E-state index contributed by atoms with van der Waals surface area (Å²) in [6.07, 6.45) is 0. The lowest BCUT2D eigenvalue weighted by atomic mass is 10.1. The summed E-state index contributed by atoms with van der Waals surface area (Å²) in [7, 11) is 0. The van der Waals surface area contributed by atoms with Gasteiger partial charge in [0.05, 0.1) is 21.7 Å². The van der Waals surface area contributed by atoms with Gasteiger partial charge in [-0.15, -0.1) is 5.10 Å². The second-order valence-corrected chi connectivity index (χ2v) is 6.67. The molecule has 0 saturated carbocycles. The summed E-state index contributed by atoms with van der Waals surface area (Å²) in [4.78, 5) is 37.7. The Kier molecular flexibility index (Phi) is 4.58. The van der Waals surface area contributed by atoms with Crippen molar-refractivity contribution in [3.63, 3.8) is 0 Å². The Morgan fingerprint density at radius 2 is 1.68 bits per heavy atom. The number of amides is 3. The molecule has 1 aromatic heterocycles. The highest BCUT2D eigenvalue weighted by Gasteiger charge is 2.36. The minimum absolute atomic E-state index is 0.0588. The van der Waals surface area contributed by atoms with Gasteiger partial charge in [0.15, 0.2) is 0 Å². The lowest BCUT2D eigenvalue weighted by Gasteiger charge is -2.12. The van der Waals surface area contributed by atoms with Gasteiger partial charge < -0.3 is 4.42 Å². The molecule has 0 atom stereocenters. The molecule has 10 heteroatoms. The normalized spacial score (nSPS) is 13.0. The maximum Gasteiger partial charge on any atom is 0.322 e. The maximum atomic E-state index is 12.3. The molecule has 0 radical (unpaired) electrons. The first-order valence-electron chi connectivity index (χ1n) is 7.98. The van der Waals surface area contributed by atoms with E-state index in [0.717, 1.165) is 4.90 Å². The van der Waals surface area contributed by atoms with Crippen molar-refractivity contribution in [2.45, 2.75) is 0 Å². The number of hydrogen-bond donors (Lipinski definition) is 1. The first-order valence-corrected chi connectivity index (χ1v) is 8.73. The largest absolute Gasteiger partial charge is 0.403 e. The third-order valence-corrected chi connectivity index (χ3v) is 4.57. The van der Waals surface area contributed by atoms with E-state index in [1.165, 1.54) is 12.1 Å². The molecule has 0 fully saturated rings. The van der Waals surface area contributed by atoms with Gasteiger partial charge in [-0.1, -0.05) is 40.4 Å². The van der Waals surface area contributed by atoms with Crippen LogP contribution >= 0.6 is 23.2 Å². The quantitative estimate of drug-likeness (QED) is 0.654. The van der Waals surface area contributed by atoms with Crippen LogP contribution < -0.4 is 5.32 Å². The van der Waals surface area contributed by atoms with Crippen molar-refractivity contribution in [1.82, 2.24) is 15.1 Å². The first-order chi connectivity index (χ1) is 13.4. The number of fused-ring (bicyclic) bond motifs is 1. The number of rotatable bonds is 4. The predicted molar refractivity (Wildman–Crippen MR) is 100 cm³/mol. The van der Waals surface area contributed by atoms with E-state index in [9.17, 15) is 14.4 Å². The molecule has 28 heavy (non-hydrogen) atoms. The average Bonchev–Trinajstić information content (AvgIpc) is 3.23. The molecular formula is C18H10Cl2N4O4. The molecule has 3 amide bonds. The maximum absolute atomic E-state index is 12.3. The van der Waals surface area contributed by atoms with Crippen LogP contribution in [0.5, 0.6) is 0 Å². The van der Waals surface area contributed by atoms with E-state index in [1.807, 2.05) is 0 Å². The fourth-order valence-electron chi connectivity index (χ4n) is 2.73. The molecule has 0 saturated heterocycles. The van der Waals surface area contributed by atoms with Crippen LogP contribution in [0.2, 0.25) is 10.0 Å². The molecule has 140 valence electrons. The van der Waals surface area contributed by atoms with Gasteiger partial charge in [0, 0.05) is 5.02 Å². The zero-order valence-electron chi connectivity index (χ0n) is 14.0. The van der Waals surface area contributed by atoms with Crippen LogP contribution in [0.4, 0.5) is 6.01 Å². The van der Waals surface area contributed by atoms with Crippen LogP contribution in [0.15, 0.2) is 46.9 Å². The summed E-state index contributed by atoms with van der Waals surface area (Å²) < 4.78 is 5.37. The van der Waals surface area contributed by atoms with Gasteiger partial charge >= 0.3 is 6.01 Å². The highest BCUT2D eigenvalue weighted by Crippen LogP contribution is 2.30. The van der Waals surface area contributed by atoms with Crippen molar-refractivity contribution in [1.29, 1.82) is 0 Å². The number of carbonyl (C=O) groups excluding carboxylic acids is 3. The van der Waals surface area contributed by atoms with Gasteiger partial charge in [0.25, 0.3) is 17.7 Å². The number of nitrogens with zero attached hydrogens (tertiary/aromatic N) is 3. The van der Waals surface area contributed by atoms with Gasteiger partial charge in [0.1, 0.15) is 6.54 Å². The number of benzene rings is 2.